The molecule has 0 bridgehead atoms. The molecule has 0 saturated carbocycles. The first kappa shape index (κ1) is 21.0. The van der Waals surface area contributed by atoms with E-state index in [-0.39, 0.29) is 5.91 Å². The number of carbonyl (C=O) groups excluding carboxylic acids is 1. The molecule has 6 nitrogen and oxygen atoms in total. The maximum Gasteiger partial charge on any atom is 0.251 e. The summed E-state index contributed by atoms with van der Waals surface area (Å²) in [5, 5.41) is 9.35. The Morgan fingerprint density at radius 1 is 1.07 bits per heavy atom. The predicted molar refractivity (Wildman–Crippen MR) is 114 cm³/mol. The summed E-state index contributed by atoms with van der Waals surface area (Å²) in [7, 11) is 1.73. The molecule has 28 heavy (non-hydrogen) atoms. The molecule has 0 atom stereocenters. The largest absolute Gasteiger partial charge is 0.489 e. The van der Waals surface area contributed by atoms with Crippen LogP contribution in [-0.4, -0.2) is 32.1 Å². The lowest BCUT2D eigenvalue weighted by Crippen LogP contribution is -2.36. The van der Waals surface area contributed by atoms with Gasteiger partial charge in [0.25, 0.3) is 5.91 Å². The van der Waals surface area contributed by atoms with Gasteiger partial charge in [-0.2, -0.15) is 0 Å². The van der Waals surface area contributed by atoms with E-state index in [1.165, 1.54) is 0 Å². The van der Waals surface area contributed by atoms with Crippen molar-refractivity contribution in [2.24, 2.45) is 4.99 Å². The maximum absolute atomic E-state index is 11.8. The van der Waals surface area contributed by atoms with Gasteiger partial charge in [0.05, 0.1) is 0 Å². The van der Waals surface area contributed by atoms with Crippen LogP contribution < -0.4 is 20.7 Å². The third-order valence-corrected chi connectivity index (χ3v) is 4.01. The Morgan fingerprint density at radius 3 is 2.46 bits per heavy atom. The highest BCUT2D eigenvalue weighted by atomic mass is 16.5. The van der Waals surface area contributed by atoms with E-state index in [1.807, 2.05) is 55.5 Å². The first-order valence-corrected chi connectivity index (χ1v) is 9.31. The van der Waals surface area contributed by atoms with Crippen molar-refractivity contribution in [3.8, 4) is 5.75 Å². The normalized spacial score (nSPS) is 10.9. The molecule has 3 N–H and O–H groups in total. The third kappa shape index (κ3) is 6.46. The maximum atomic E-state index is 11.8. The lowest BCUT2D eigenvalue weighted by Gasteiger charge is -2.14. The number of amides is 1. The molecule has 0 spiro atoms. The summed E-state index contributed by atoms with van der Waals surface area (Å²) in [5.74, 6) is 1.45. The molecular weight excluding hydrogens is 352 g/mol. The summed E-state index contributed by atoms with van der Waals surface area (Å²) >= 11 is 0. The fourth-order valence-electron chi connectivity index (χ4n) is 2.56. The Labute approximate surface area is 166 Å². The van der Waals surface area contributed by atoms with Crippen molar-refractivity contribution in [2.75, 3.05) is 20.2 Å². The van der Waals surface area contributed by atoms with Crippen molar-refractivity contribution in [1.82, 2.24) is 16.0 Å². The number of aliphatic imine (C=N–C) groups is 1. The molecule has 0 unspecified atom stereocenters. The van der Waals surface area contributed by atoms with Gasteiger partial charge in [0.15, 0.2) is 5.96 Å². The van der Waals surface area contributed by atoms with Crippen LogP contribution in [0.3, 0.4) is 0 Å². The quantitative estimate of drug-likeness (QED) is 0.355. The van der Waals surface area contributed by atoms with Gasteiger partial charge in [-0.1, -0.05) is 43.0 Å². The van der Waals surface area contributed by atoms with Crippen molar-refractivity contribution in [1.29, 1.82) is 0 Å². The highest BCUT2D eigenvalue weighted by Gasteiger charge is 2.06. The standard InChI is InChI=1S/C22H28N4O2/c1-4-14-28-20-9-7-6-8-19(20)16-26-22(23-3)25-15-17-10-12-18(13-11-17)21(27)24-5-2/h4,6-13H,1,5,14-16H2,2-3H3,(H,24,27)(H2,23,25,26). The number of hydrogen-bond acceptors (Lipinski definition) is 3. The Bertz CT molecular complexity index is 800. The summed E-state index contributed by atoms with van der Waals surface area (Å²) < 4.78 is 5.68. The minimum absolute atomic E-state index is 0.0585. The van der Waals surface area contributed by atoms with Crippen molar-refractivity contribution in [3.05, 3.63) is 77.9 Å². The second-order valence-corrected chi connectivity index (χ2v) is 6.04. The molecule has 0 aromatic heterocycles. The number of nitrogens with one attached hydrogen (secondary N) is 3. The van der Waals surface area contributed by atoms with Crippen LogP contribution in [0, 0.1) is 0 Å². The summed E-state index contributed by atoms with van der Waals surface area (Å²) in [4.78, 5) is 16.1. The van der Waals surface area contributed by atoms with E-state index >= 15 is 0 Å². The monoisotopic (exact) mass is 380 g/mol. The molecule has 0 fully saturated rings. The van der Waals surface area contributed by atoms with Crippen LogP contribution in [0.1, 0.15) is 28.4 Å². The van der Waals surface area contributed by atoms with Gasteiger partial charge in [0.1, 0.15) is 12.4 Å². The Balaban J connectivity index is 1.88. The van der Waals surface area contributed by atoms with E-state index in [1.54, 1.807) is 13.1 Å². The zero-order chi connectivity index (χ0) is 20.2. The molecule has 2 rings (SSSR count). The average molecular weight is 380 g/mol. The number of ether oxygens (including phenoxy) is 1. The second-order valence-electron chi connectivity index (χ2n) is 6.04. The van der Waals surface area contributed by atoms with E-state index in [4.69, 9.17) is 4.74 Å². The van der Waals surface area contributed by atoms with Crippen molar-refractivity contribution in [2.45, 2.75) is 20.0 Å². The molecule has 2 aromatic carbocycles. The Hall–Kier alpha value is -3.28. The van der Waals surface area contributed by atoms with E-state index in [2.05, 4.69) is 27.5 Å². The molecular formula is C22H28N4O2. The van der Waals surface area contributed by atoms with Crippen LogP contribution in [0.2, 0.25) is 0 Å². The zero-order valence-corrected chi connectivity index (χ0v) is 16.5. The van der Waals surface area contributed by atoms with E-state index in [0.717, 1.165) is 16.9 Å². The number of guanidine groups is 1. The fraction of sp³-hybridized carbons (Fsp3) is 0.273. The molecule has 0 aliphatic heterocycles. The molecule has 0 aliphatic rings. The number of hydrogen-bond donors (Lipinski definition) is 3. The molecule has 6 heteroatoms. The van der Waals surface area contributed by atoms with Gasteiger partial charge in [-0.15, -0.1) is 0 Å². The van der Waals surface area contributed by atoms with Crippen molar-refractivity contribution < 1.29 is 9.53 Å². The molecule has 148 valence electrons. The van der Waals surface area contributed by atoms with Gasteiger partial charge in [-0.3, -0.25) is 9.79 Å². The lowest BCUT2D eigenvalue weighted by molar-refractivity contribution is 0.0956. The summed E-state index contributed by atoms with van der Waals surface area (Å²) in [6, 6.07) is 15.4. The molecule has 2 aromatic rings. The first-order valence-electron chi connectivity index (χ1n) is 9.31. The Morgan fingerprint density at radius 2 is 1.79 bits per heavy atom. The molecule has 0 radical (unpaired) electrons. The van der Waals surface area contributed by atoms with Crippen LogP contribution in [0.15, 0.2) is 66.2 Å². The topological polar surface area (TPSA) is 74.8 Å². The van der Waals surface area contributed by atoms with Crippen molar-refractivity contribution >= 4 is 11.9 Å². The highest BCUT2D eigenvalue weighted by Crippen LogP contribution is 2.17. The third-order valence-electron chi connectivity index (χ3n) is 4.01. The number of nitrogens with zero attached hydrogens (tertiary/aromatic N) is 1. The van der Waals surface area contributed by atoms with Crippen LogP contribution in [-0.2, 0) is 13.1 Å². The van der Waals surface area contributed by atoms with Gasteiger partial charge in [-0.25, -0.2) is 0 Å². The summed E-state index contributed by atoms with van der Waals surface area (Å²) in [6.45, 7) is 7.85. The molecule has 0 aliphatic carbocycles. The SMILES string of the molecule is C=CCOc1ccccc1CNC(=NC)NCc1ccc(C(=O)NCC)cc1. The molecule has 1 amide bonds. The zero-order valence-electron chi connectivity index (χ0n) is 16.5. The molecule has 0 saturated heterocycles. The van der Waals surface area contributed by atoms with Crippen LogP contribution in [0.4, 0.5) is 0 Å². The summed E-state index contributed by atoms with van der Waals surface area (Å²) in [5.41, 5.74) is 2.76. The summed E-state index contributed by atoms with van der Waals surface area (Å²) in [6.07, 6.45) is 1.72. The smallest absolute Gasteiger partial charge is 0.251 e. The fourth-order valence-corrected chi connectivity index (χ4v) is 2.56. The van der Waals surface area contributed by atoms with E-state index in [9.17, 15) is 4.79 Å². The Kier molecular flexibility index (Phi) is 8.59. The average Bonchev–Trinajstić information content (AvgIpc) is 2.73. The second kappa shape index (κ2) is 11.4. The first-order chi connectivity index (χ1) is 13.7. The minimum Gasteiger partial charge on any atom is -0.489 e. The number of para-hydroxylation sites is 1. The van der Waals surface area contributed by atoms with Crippen LogP contribution >= 0.6 is 0 Å². The predicted octanol–water partition coefficient (Wildman–Crippen LogP) is 2.87. The van der Waals surface area contributed by atoms with E-state index < -0.39 is 0 Å². The highest BCUT2D eigenvalue weighted by molar-refractivity contribution is 5.94. The van der Waals surface area contributed by atoms with E-state index in [0.29, 0.717) is 37.8 Å². The number of benzene rings is 2. The lowest BCUT2D eigenvalue weighted by atomic mass is 10.1. The van der Waals surface area contributed by atoms with Gasteiger partial charge < -0.3 is 20.7 Å². The minimum atomic E-state index is -0.0585. The van der Waals surface area contributed by atoms with Crippen LogP contribution in [0.5, 0.6) is 5.75 Å². The van der Waals surface area contributed by atoms with Crippen molar-refractivity contribution in [3.63, 3.8) is 0 Å². The van der Waals surface area contributed by atoms with Gasteiger partial charge in [-0.05, 0) is 30.7 Å². The van der Waals surface area contributed by atoms with Gasteiger partial charge >= 0.3 is 0 Å². The number of rotatable bonds is 9. The van der Waals surface area contributed by atoms with Crippen LogP contribution in [0.25, 0.3) is 0 Å². The van der Waals surface area contributed by atoms with Gasteiger partial charge in [0.2, 0.25) is 0 Å². The molecule has 0 heterocycles. The van der Waals surface area contributed by atoms with Gasteiger partial charge in [0, 0.05) is 37.8 Å². The number of carbonyl (C=O) groups is 1.